The molecule has 0 spiro atoms. The molecule has 1 fully saturated rings. The number of ether oxygens (including phenoxy) is 1. The minimum atomic E-state index is -4.58. The predicted molar refractivity (Wildman–Crippen MR) is 97.6 cm³/mol. The molecule has 0 atom stereocenters. The molecule has 1 amide bonds. The Balaban J connectivity index is 1.66. The number of carbonyl (C=O) groups excluding carboxylic acids is 2. The Hall–Kier alpha value is -2.45. The zero-order valence-corrected chi connectivity index (χ0v) is 16.6. The van der Waals surface area contributed by atoms with E-state index in [0.29, 0.717) is 18.4 Å². The van der Waals surface area contributed by atoms with Crippen molar-refractivity contribution in [1.29, 1.82) is 0 Å². The van der Waals surface area contributed by atoms with Crippen molar-refractivity contribution in [3.05, 3.63) is 35.4 Å². The molecule has 1 aliphatic heterocycles. The molecule has 2 aliphatic rings. The first kappa shape index (κ1) is 21.3. The predicted octanol–water partition coefficient (Wildman–Crippen LogP) is 4.39. The van der Waals surface area contributed by atoms with Crippen molar-refractivity contribution in [2.24, 2.45) is 15.6 Å². The molecule has 0 aromatic heterocycles. The summed E-state index contributed by atoms with van der Waals surface area (Å²) in [5.41, 5.74) is -3.83. The molecule has 1 aromatic rings. The molecule has 158 valence electrons. The third-order valence-corrected chi connectivity index (χ3v) is 5.19. The van der Waals surface area contributed by atoms with E-state index in [1.807, 2.05) is 0 Å². The van der Waals surface area contributed by atoms with Gasteiger partial charge in [-0.05, 0) is 39.2 Å². The van der Waals surface area contributed by atoms with Crippen LogP contribution in [0.2, 0.25) is 0 Å². The first-order chi connectivity index (χ1) is 13.4. The first-order valence-corrected chi connectivity index (χ1v) is 9.52. The highest BCUT2D eigenvalue weighted by Gasteiger charge is 2.65. The van der Waals surface area contributed by atoms with Gasteiger partial charge in [0.15, 0.2) is 0 Å². The van der Waals surface area contributed by atoms with Gasteiger partial charge in [-0.1, -0.05) is 37.1 Å². The molecule has 1 saturated carbocycles. The number of esters is 1. The number of alkyl halides is 3. The highest BCUT2D eigenvalue weighted by molar-refractivity contribution is 6.03. The molecule has 3 rings (SSSR count). The molecule has 1 aromatic carbocycles. The number of hydrogen-bond acceptors (Lipinski definition) is 5. The second kappa shape index (κ2) is 7.11. The van der Waals surface area contributed by atoms with Crippen molar-refractivity contribution in [2.75, 3.05) is 0 Å². The number of nitrogens with zero attached hydrogens (tertiary/aromatic N) is 2. The molecule has 1 heterocycles. The Kier molecular flexibility index (Phi) is 5.21. The molecule has 1 N–H and O–H groups in total. The van der Waals surface area contributed by atoms with Crippen LogP contribution in [0.15, 0.2) is 34.5 Å². The summed E-state index contributed by atoms with van der Waals surface area (Å²) in [6, 6.07) is 5.57. The summed E-state index contributed by atoms with van der Waals surface area (Å²) in [6.45, 7) is 5.34. The summed E-state index contributed by atoms with van der Waals surface area (Å²) >= 11 is 0. The second-order valence-corrected chi connectivity index (χ2v) is 8.54. The van der Waals surface area contributed by atoms with Crippen molar-refractivity contribution in [2.45, 2.75) is 70.4 Å². The highest BCUT2D eigenvalue weighted by Crippen LogP contribution is 2.52. The van der Waals surface area contributed by atoms with Gasteiger partial charge in [-0.25, -0.2) is 0 Å². The molecular formula is C20H24F3N3O3. The van der Waals surface area contributed by atoms with Crippen LogP contribution < -0.4 is 5.32 Å². The van der Waals surface area contributed by atoms with Crippen LogP contribution in [0.1, 0.15) is 57.6 Å². The van der Waals surface area contributed by atoms with E-state index in [9.17, 15) is 22.8 Å². The maximum absolute atomic E-state index is 13.1. The molecule has 6 nitrogen and oxygen atoms in total. The van der Waals surface area contributed by atoms with Crippen LogP contribution in [0, 0.1) is 5.41 Å². The zero-order chi connectivity index (χ0) is 21.5. The summed E-state index contributed by atoms with van der Waals surface area (Å²) in [7, 11) is 0. The molecular weight excluding hydrogens is 387 g/mol. The van der Waals surface area contributed by atoms with Crippen LogP contribution in [0.4, 0.5) is 13.2 Å². The van der Waals surface area contributed by atoms with Gasteiger partial charge < -0.3 is 10.1 Å². The van der Waals surface area contributed by atoms with E-state index >= 15 is 0 Å². The Bertz CT molecular complexity index is 814. The van der Waals surface area contributed by atoms with Crippen molar-refractivity contribution in [1.82, 2.24) is 5.32 Å². The van der Waals surface area contributed by atoms with Gasteiger partial charge in [0.25, 0.3) is 0 Å². The number of nitrogens with one attached hydrogen (secondary N) is 1. The fourth-order valence-corrected chi connectivity index (χ4v) is 3.53. The standard InChI is InChI=1S/C20H24F3N3O3/c1-17(2,3)29-16(28)18(10-4-5-11-18)15(27)24-12-13-6-8-14(9-7-13)19(25-26-19)20(21,22)23/h6-9H,4-5,10-12H2,1-3H3,(H,24,27). The number of halogens is 3. The lowest BCUT2D eigenvalue weighted by molar-refractivity contribution is -0.171. The van der Waals surface area contributed by atoms with Gasteiger partial charge in [0.1, 0.15) is 11.0 Å². The Labute approximate surface area is 166 Å². The summed E-state index contributed by atoms with van der Waals surface area (Å²) in [6.07, 6.45) is -2.22. The van der Waals surface area contributed by atoms with Crippen molar-refractivity contribution in [3.63, 3.8) is 0 Å². The third kappa shape index (κ3) is 4.13. The number of hydrogen-bond donors (Lipinski definition) is 1. The van der Waals surface area contributed by atoms with Gasteiger partial charge in [-0.3, -0.25) is 9.59 Å². The van der Waals surface area contributed by atoms with Crippen molar-refractivity contribution >= 4 is 11.9 Å². The van der Waals surface area contributed by atoms with Gasteiger partial charge in [-0.2, -0.15) is 13.2 Å². The van der Waals surface area contributed by atoms with E-state index in [0.717, 1.165) is 12.8 Å². The minimum absolute atomic E-state index is 0.0684. The van der Waals surface area contributed by atoms with Crippen molar-refractivity contribution < 1.29 is 27.5 Å². The third-order valence-electron chi connectivity index (χ3n) is 5.19. The maximum Gasteiger partial charge on any atom is 0.442 e. The number of rotatable bonds is 5. The van der Waals surface area contributed by atoms with Gasteiger partial charge in [0.2, 0.25) is 5.91 Å². The van der Waals surface area contributed by atoms with E-state index < -0.39 is 34.7 Å². The summed E-state index contributed by atoms with van der Waals surface area (Å²) in [5, 5.41) is 9.08. The van der Waals surface area contributed by atoms with Crippen LogP contribution >= 0.6 is 0 Å². The molecule has 0 unspecified atom stereocenters. The summed E-state index contributed by atoms with van der Waals surface area (Å²) in [4.78, 5) is 25.5. The quantitative estimate of drug-likeness (QED) is 0.577. The maximum atomic E-state index is 13.1. The van der Waals surface area contributed by atoms with Crippen LogP contribution in [-0.4, -0.2) is 23.7 Å². The Morgan fingerprint density at radius 2 is 1.62 bits per heavy atom. The topological polar surface area (TPSA) is 80.1 Å². The summed E-state index contributed by atoms with van der Waals surface area (Å²) < 4.78 is 44.6. The van der Waals surface area contributed by atoms with Crippen LogP contribution in [0.3, 0.4) is 0 Å². The molecule has 1 aliphatic carbocycles. The minimum Gasteiger partial charge on any atom is -0.459 e. The fraction of sp³-hybridized carbons (Fsp3) is 0.600. The zero-order valence-electron chi connectivity index (χ0n) is 16.6. The number of carbonyl (C=O) groups is 2. The Morgan fingerprint density at radius 1 is 1.07 bits per heavy atom. The van der Waals surface area contributed by atoms with E-state index in [2.05, 4.69) is 15.5 Å². The lowest BCUT2D eigenvalue weighted by Crippen LogP contribution is -2.47. The van der Waals surface area contributed by atoms with Gasteiger partial charge in [0.05, 0.1) is 0 Å². The summed E-state index contributed by atoms with van der Waals surface area (Å²) in [5.74, 6) is -0.938. The van der Waals surface area contributed by atoms with Gasteiger partial charge in [-0.15, -0.1) is 10.2 Å². The number of amides is 1. The average Bonchev–Trinajstić information content (AvgIpc) is 3.29. The van der Waals surface area contributed by atoms with E-state index in [1.165, 1.54) is 24.3 Å². The lowest BCUT2D eigenvalue weighted by atomic mass is 9.84. The van der Waals surface area contributed by atoms with E-state index in [4.69, 9.17) is 4.74 Å². The number of benzene rings is 1. The molecule has 0 saturated heterocycles. The van der Waals surface area contributed by atoms with E-state index in [-0.39, 0.29) is 12.1 Å². The highest BCUT2D eigenvalue weighted by atomic mass is 19.4. The molecule has 29 heavy (non-hydrogen) atoms. The average molecular weight is 411 g/mol. The lowest BCUT2D eigenvalue weighted by Gasteiger charge is -2.30. The first-order valence-electron chi connectivity index (χ1n) is 9.52. The molecule has 9 heteroatoms. The SMILES string of the molecule is CC(C)(C)OC(=O)C1(C(=O)NCc2ccc(C3(C(F)(F)F)N=N3)cc2)CCCC1. The molecule has 0 radical (unpaired) electrons. The fourth-order valence-electron chi connectivity index (χ4n) is 3.53. The Morgan fingerprint density at radius 3 is 2.07 bits per heavy atom. The largest absolute Gasteiger partial charge is 0.459 e. The normalized spacial score (nSPS) is 19.7. The van der Waals surface area contributed by atoms with Crippen LogP contribution in [0.25, 0.3) is 0 Å². The van der Waals surface area contributed by atoms with Crippen LogP contribution in [0.5, 0.6) is 0 Å². The van der Waals surface area contributed by atoms with Gasteiger partial charge >= 0.3 is 17.8 Å². The smallest absolute Gasteiger partial charge is 0.442 e. The van der Waals surface area contributed by atoms with Crippen LogP contribution in [-0.2, 0) is 26.5 Å². The van der Waals surface area contributed by atoms with E-state index in [1.54, 1.807) is 20.8 Å². The van der Waals surface area contributed by atoms with Crippen molar-refractivity contribution in [3.8, 4) is 0 Å². The second-order valence-electron chi connectivity index (χ2n) is 8.54. The van der Waals surface area contributed by atoms with Gasteiger partial charge in [0, 0.05) is 12.1 Å². The monoisotopic (exact) mass is 411 g/mol. The molecule has 0 bridgehead atoms.